The third-order valence-electron chi connectivity index (χ3n) is 5.97. The number of esters is 1. The number of carbonyl (C=O) groups is 1. The fourth-order valence-electron chi connectivity index (χ4n) is 4.31. The van der Waals surface area contributed by atoms with Crippen LogP contribution in [0.15, 0.2) is 55.9 Å². The number of phenols is 1. The number of aromatic hydroxyl groups is 1. The molecule has 0 saturated heterocycles. The van der Waals surface area contributed by atoms with Crippen molar-refractivity contribution < 1.29 is 24.1 Å². The van der Waals surface area contributed by atoms with E-state index in [-0.39, 0.29) is 23.0 Å². The van der Waals surface area contributed by atoms with E-state index in [0.29, 0.717) is 48.6 Å². The van der Waals surface area contributed by atoms with Gasteiger partial charge in [0, 0.05) is 15.6 Å². The highest BCUT2D eigenvalue weighted by molar-refractivity contribution is 9.10. The molecule has 3 aromatic rings. The number of aromatic nitrogens is 1. The number of phenolic OH excluding ortho intramolecular Hbond substituents is 1. The fourth-order valence-corrected chi connectivity index (χ4v) is 6.15. The van der Waals surface area contributed by atoms with E-state index in [1.807, 2.05) is 6.92 Å². The van der Waals surface area contributed by atoms with Gasteiger partial charge in [-0.2, -0.15) is 0 Å². The molecule has 2 heterocycles. The Kier molecular flexibility index (Phi) is 8.64. The zero-order chi connectivity index (χ0) is 27.6. The maximum Gasteiger partial charge on any atom is 0.338 e. The second-order valence-electron chi connectivity index (χ2n) is 8.35. The summed E-state index contributed by atoms with van der Waals surface area (Å²) >= 11 is 10.7. The summed E-state index contributed by atoms with van der Waals surface area (Å²) < 4.78 is 19.0. The molecule has 1 atom stereocenters. The van der Waals surface area contributed by atoms with Gasteiger partial charge < -0.3 is 19.3 Å². The molecule has 1 aromatic heterocycles. The van der Waals surface area contributed by atoms with E-state index in [1.54, 1.807) is 43.3 Å². The topological polar surface area (TPSA) is 99.4 Å². The summed E-state index contributed by atoms with van der Waals surface area (Å²) in [7, 11) is 3.06. The SMILES string of the molecule is CCCC1=C(C(=O)OCC)[C@H](c2cc(OC)ccc2OC)n2c(s/c(=C\c3cc(Br)cc(Cl)c3O)c2=O)=N1. The van der Waals surface area contributed by atoms with Crippen molar-refractivity contribution in [1.29, 1.82) is 0 Å². The van der Waals surface area contributed by atoms with Crippen LogP contribution in [0, 0.1) is 0 Å². The molecule has 0 fully saturated rings. The third-order valence-corrected chi connectivity index (χ3v) is 7.70. The van der Waals surface area contributed by atoms with E-state index in [9.17, 15) is 14.7 Å². The average Bonchev–Trinajstić information content (AvgIpc) is 3.20. The molecule has 1 N–H and O–H groups in total. The predicted octanol–water partition coefficient (Wildman–Crippen LogP) is 4.72. The first-order valence-electron chi connectivity index (χ1n) is 11.9. The van der Waals surface area contributed by atoms with E-state index in [1.165, 1.54) is 18.8 Å². The average molecular weight is 622 g/mol. The van der Waals surface area contributed by atoms with Crippen LogP contribution in [-0.2, 0) is 9.53 Å². The molecule has 0 unspecified atom stereocenters. The number of fused-ring (bicyclic) bond motifs is 1. The van der Waals surface area contributed by atoms with Crippen LogP contribution < -0.4 is 24.4 Å². The Hall–Kier alpha value is -3.08. The minimum absolute atomic E-state index is 0.146. The van der Waals surface area contributed by atoms with Crippen molar-refractivity contribution in [2.45, 2.75) is 32.7 Å². The van der Waals surface area contributed by atoms with Crippen molar-refractivity contribution in [1.82, 2.24) is 4.57 Å². The molecule has 0 amide bonds. The van der Waals surface area contributed by atoms with Gasteiger partial charge >= 0.3 is 5.97 Å². The highest BCUT2D eigenvalue weighted by Gasteiger charge is 2.36. The fraction of sp³-hybridized carbons (Fsp3) is 0.296. The molecule has 2 aromatic carbocycles. The van der Waals surface area contributed by atoms with Crippen LogP contribution in [0.1, 0.15) is 43.9 Å². The summed E-state index contributed by atoms with van der Waals surface area (Å²) in [6.45, 7) is 3.88. The van der Waals surface area contributed by atoms with Crippen LogP contribution in [0.3, 0.4) is 0 Å². The van der Waals surface area contributed by atoms with Crippen molar-refractivity contribution in [3.05, 3.63) is 81.9 Å². The van der Waals surface area contributed by atoms with Gasteiger partial charge in [0.15, 0.2) is 4.80 Å². The van der Waals surface area contributed by atoms with Gasteiger partial charge in [-0.3, -0.25) is 9.36 Å². The quantitative estimate of drug-likeness (QED) is 0.366. The van der Waals surface area contributed by atoms with Gasteiger partial charge in [0.25, 0.3) is 5.56 Å². The zero-order valence-corrected chi connectivity index (χ0v) is 24.4. The number of halogens is 2. The number of hydrogen-bond donors (Lipinski definition) is 1. The number of hydrogen-bond acceptors (Lipinski definition) is 8. The van der Waals surface area contributed by atoms with Gasteiger partial charge in [-0.15, -0.1) is 0 Å². The number of methoxy groups -OCH3 is 2. The number of thiazole rings is 1. The summed E-state index contributed by atoms with van der Waals surface area (Å²) in [5, 5.41) is 10.7. The first-order chi connectivity index (χ1) is 18.2. The largest absolute Gasteiger partial charge is 0.506 e. The van der Waals surface area contributed by atoms with E-state index >= 15 is 0 Å². The van der Waals surface area contributed by atoms with E-state index in [4.69, 9.17) is 30.8 Å². The third kappa shape index (κ3) is 5.25. The molecule has 200 valence electrons. The van der Waals surface area contributed by atoms with Crippen LogP contribution in [0.2, 0.25) is 5.02 Å². The van der Waals surface area contributed by atoms with Gasteiger partial charge in [0.1, 0.15) is 23.3 Å². The number of allylic oxidation sites excluding steroid dienone is 1. The summed E-state index contributed by atoms with van der Waals surface area (Å²) in [5.74, 6) is 0.307. The van der Waals surface area contributed by atoms with Crippen molar-refractivity contribution in [3.63, 3.8) is 0 Å². The minimum atomic E-state index is -0.876. The Labute approximate surface area is 236 Å². The zero-order valence-electron chi connectivity index (χ0n) is 21.2. The molecule has 0 radical (unpaired) electrons. The smallest absolute Gasteiger partial charge is 0.338 e. The molecule has 1 aliphatic heterocycles. The highest BCUT2D eigenvalue weighted by Crippen LogP contribution is 2.39. The normalized spacial score (nSPS) is 15.2. The molecule has 38 heavy (non-hydrogen) atoms. The van der Waals surface area contributed by atoms with Crippen LogP contribution in [-0.4, -0.2) is 36.5 Å². The number of carbonyl (C=O) groups excluding carboxylic acids is 1. The summed E-state index contributed by atoms with van der Waals surface area (Å²) in [5.41, 5.74) is 1.34. The monoisotopic (exact) mass is 620 g/mol. The maximum absolute atomic E-state index is 13.9. The molecule has 11 heteroatoms. The number of nitrogens with zero attached hydrogens (tertiary/aromatic N) is 2. The van der Waals surface area contributed by atoms with Crippen LogP contribution in [0.4, 0.5) is 0 Å². The Morgan fingerprint density at radius 3 is 2.66 bits per heavy atom. The number of rotatable bonds is 8. The van der Waals surface area contributed by atoms with Gasteiger partial charge in [0.2, 0.25) is 0 Å². The van der Waals surface area contributed by atoms with Crippen molar-refractivity contribution in [2.75, 3.05) is 20.8 Å². The Balaban J connectivity index is 2.08. The molecule has 8 nitrogen and oxygen atoms in total. The summed E-state index contributed by atoms with van der Waals surface area (Å²) in [6.07, 6.45) is 2.79. The summed E-state index contributed by atoms with van der Waals surface area (Å²) in [4.78, 5) is 32.5. The maximum atomic E-state index is 13.9. The lowest BCUT2D eigenvalue weighted by molar-refractivity contribution is -0.139. The van der Waals surface area contributed by atoms with Crippen molar-refractivity contribution >= 4 is 50.9 Å². The molecule has 0 bridgehead atoms. The first kappa shape index (κ1) is 27.9. The number of benzene rings is 2. The standard InChI is InChI=1S/C27H26BrClN2O6S/c1-5-7-19-22(26(34)37-6-2)23(17-13-16(35-3)8-9-20(17)36-4)31-25(33)21(38-27(31)30-19)11-14-10-15(28)12-18(29)24(14)32/h8-13,23,32H,5-7H2,1-4H3/b21-11-/t23-/m0/s1. The molecule has 0 spiro atoms. The van der Waals surface area contributed by atoms with Gasteiger partial charge in [0.05, 0.1) is 41.7 Å². The predicted molar refractivity (Wildman–Crippen MR) is 150 cm³/mol. The van der Waals surface area contributed by atoms with Crippen LogP contribution in [0.5, 0.6) is 17.2 Å². The second kappa shape index (κ2) is 11.8. The molecular weight excluding hydrogens is 596 g/mol. The molecule has 1 aliphatic rings. The second-order valence-corrected chi connectivity index (χ2v) is 10.7. The van der Waals surface area contributed by atoms with Gasteiger partial charge in [-0.1, -0.05) is 52.2 Å². The van der Waals surface area contributed by atoms with Crippen LogP contribution >= 0.6 is 38.9 Å². The molecule has 0 aliphatic carbocycles. The molecule has 4 rings (SSSR count). The Morgan fingerprint density at radius 2 is 2.00 bits per heavy atom. The molecular formula is C27H26BrClN2O6S. The molecule has 0 saturated carbocycles. The lowest BCUT2D eigenvalue weighted by Crippen LogP contribution is -2.40. The van der Waals surface area contributed by atoms with E-state index in [0.717, 1.165) is 17.8 Å². The lowest BCUT2D eigenvalue weighted by Gasteiger charge is -2.27. The first-order valence-corrected chi connectivity index (χ1v) is 13.8. The Morgan fingerprint density at radius 1 is 1.24 bits per heavy atom. The summed E-state index contributed by atoms with van der Waals surface area (Å²) in [6, 6.07) is 7.57. The Bertz CT molecular complexity index is 1610. The van der Waals surface area contributed by atoms with Gasteiger partial charge in [-0.05, 0) is 49.8 Å². The van der Waals surface area contributed by atoms with Crippen molar-refractivity contribution in [3.8, 4) is 17.2 Å². The van der Waals surface area contributed by atoms with E-state index < -0.39 is 17.6 Å². The lowest BCUT2D eigenvalue weighted by atomic mass is 9.93. The van der Waals surface area contributed by atoms with Gasteiger partial charge in [-0.25, -0.2) is 9.79 Å². The minimum Gasteiger partial charge on any atom is -0.506 e. The highest BCUT2D eigenvalue weighted by atomic mass is 79.9. The number of ether oxygens (including phenoxy) is 3. The van der Waals surface area contributed by atoms with E-state index in [2.05, 4.69) is 15.9 Å². The van der Waals surface area contributed by atoms with Crippen LogP contribution in [0.25, 0.3) is 6.08 Å². The van der Waals surface area contributed by atoms with Crippen molar-refractivity contribution in [2.24, 2.45) is 4.99 Å².